The molecule has 1 N–H and O–H groups in total. The molecule has 0 radical (unpaired) electrons. The second-order valence-corrected chi connectivity index (χ2v) is 5.76. The smallest absolute Gasteiger partial charge is 0.123 e. The molecule has 0 saturated carbocycles. The molecule has 0 amide bonds. The van der Waals surface area contributed by atoms with E-state index < -0.39 is 0 Å². The Morgan fingerprint density at radius 3 is 2.50 bits per heavy atom. The topological polar surface area (TPSA) is 29.5 Å². The number of ether oxygens (including phenoxy) is 1. The SMILES string of the molecule is CCCCOc1cc(CCO)ccc1C(C)(C)C. The zero-order chi connectivity index (χ0) is 13.6. The van der Waals surface area contributed by atoms with Gasteiger partial charge in [-0.2, -0.15) is 0 Å². The zero-order valence-electron chi connectivity index (χ0n) is 12.1. The molecule has 18 heavy (non-hydrogen) atoms. The van der Waals surface area contributed by atoms with E-state index in [2.05, 4.69) is 45.9 Å². The molecule has 0 atom stereocenters. The fraction of sp³-hybridized carbons (Fsp3) is 0.625. The normalized spacial score (nSPS) is 11.6. The lowest BCUT2D eigenvalue weighted by Gasteiger charge is -2.23. The van der Waals surface area contributed by atoms with Crippen LogP contribution in [-0.4, -0.2) is 18.3 Å². The summed E-state index contributed by atoms with van der Waals surface area (Å²) < 4.78 is 5.91. The molecule has 0 saturated heterocycles. The van der Waals surface area contributed by atoms with Crippen molar-refractivity contribution >= 4 is 0 Å². The van der Waals surface area contributed by atoms with Gasteiger partial charge >= 0.3 is 0 Å². The van der Waals surface area contributed by atoms with E-state index in [1.54, 1.807) is 0 Å². The zero-order valence-corrected chi connectivity index (χ0v) is 12.1. The minimum atomic E-state index is 0.0826. The second kappa shape index (κ2) is 6.79. The van der Waals surface area contributed by atoms with Gasteiger partial charge in [-0.15, -0.1) is 0 Å². The van der Waals surface area contributed by atoms with Crippen LogP contribution in [0.3, 0.4) is 0 Å². The number of aliphatic hydroxyl groups excluding tert-OH is 1. The van der Waals surface area contributed by atoms with Crippen LogP contribution in [0.1, 0.15) is 51.7 Å². The summed E-state index contributed by atoms with van der Waals surface area (Å²) in [7, 11) is 0. The van der Waals surface area contributed by atoms with E-state index in [4.69, 9.17) is 9.84 Å². The van der Waals surface area contributed by atoms with Crippen molar-refractivity contribution in [2.24, 2.45) is 0 Å². The molecule has 0 aliphatic carbocycles. The second-order valence-electron chi connectivity index (χ2n) is 5.76. The van der Waals surface area contributed by atoms with E-state index in [0.717, 1.165) is 30.8 Å². The summed E-state index contributed by atoms with van der Waals surface area (Å²) in [5, 5.41) is 9.01. The largest absolute Gasteiger partial charge is 0.493 e. The average Bonchev–Trinajstić information content (AvgIpc) is 2.28. The first-order chi connectivity index (χ1) is 8.49. The first kappa shape index (κ1) is 15.0. The Bertz CT molecular complexity index is 364. The van der Waals surface area contributed by atoms with Gasteiger partial charge in [-0.1, -0.05) is 46.2 Å². The first-order valence-electron chi connectivity index (χ1n) is 6.86. The third-order valence-corrected chi connectivity index (χ3v) is 3.01. The van der Waals surface area contributed by atoms with Crippen molar-refractivity contribution in [2.75, 3.05) is 13.2 Å². The lowest BCUT2D eigenvalue weighted by molar-refractivity contribution is 0.295. The van der Waals surface area contributed by atoms with Gasteiger partial charge in [0.1, 0.15) is 5.75 Å². The minimum absolute atomic E-state index is 0.0826. The van der Waals surface area contributed by atoms with Crippen LogP contribution in [0.4, 0.5) is 0 Å². The molecule has 0 aliphatic heterocycles. The van der Waals surface area contributed by atoms with Gasteiger partial charge in [0.2, 0.25) is 0 Å². The van der Waals surface area contributed by atoms with Crippen LogP contribution in [0.25, 0.3) is 0 Å². The van der Waals surface area contributed by atoms with Crippen molar-refractivity contribution in [3.05, 3.63) is 29.3 Å². The van der Waals surface area contributed by atoms with Crippen molar-refractivity contribution in [1.82, 2.24) is 0 Å². The summed E-state index contributed by atoms with van der Waals surface area (Å²) in [5.74, 6) is 0.974. The molecule has 0 aliphatic rings. The van der Waals surface area contributed by atoms with Crippen molar-refractivity contribution in [3.63, 3.8) is 0 Å². The molecule has 0 fully saturated rings. The molecule has 0 heterocycles. The summed E-state index contributed by atoms with van der Waals surface area (Å²) in [6.07, 6.45) is 2.91. The third kappa shape index (κ3) is 4.34. The van der Waals surface area contributed by atoms with Crippen LogP contribution in [0, 0.1) is 0 Å². The molecular formula is C16H26O2. The van der Waals surface area contributed by atoms with E-state index in [9.17, 15) is 0 Å². The molecule has 2 nitrogen and oxygen atoms in total. The molecule has 2 heteroatoms. The Morgan fingerprint density at radius 1 is 1.22 bits per heavy atom. The summed E-state index contributed by atoms with van der Waals surface area (Å²) >= 11 is 0. The Hall–Kier alpha value is -1.02. The molecule has 1 aromatic rings. The summed E-state index contributed by atoms with van der Waals surface area (Å²) in [5.41, 5.74) is 2.46. The Balaban J connectivity index is 2.94. The molecule has 0 bridgehead atoms. The van der Waals surface area contributed by atoms with Crippen molar-refractivity contribution in [3.8, 4) is 5.75 Å². The maximum absolute atomic E-state index is 9.01. The van der Waals surface area contributed by atoms with E-state index in [1.165, 1.54) is 5.56 Å². The maximum Gasteiger partial charge on any atom is 0.123 e. The number of benzene rings is 1. The predicted octanol–water partition coefficient (Wildman–Crippen LogP) is 3.70. The summed E-state index contributed by atoms with van der Waals surface area (Å²) in [4.78, 5) is 0. The van der Waals surface area contributed by atoms with Crippen LogP contribution in [0.15, 0.2) is 18.2 Å². The van der Waals surface area contributed by atoms with Gasteiger partial charge in [0, 0.05) is 6.61 Å². The van der Waals surface area contributed by atoms with E-state index >= 15 is 0 Å². The number of rotatable bonds is 6. The number of unbranched alkanes of at least 4 members (excludes halogenated alkanes) is 1. The van der Waals surface area contributed by atoms with Crippen LogP contribution >= 0.6 is 0 Å². The van der Waals surface area contributed by atoms with Crippen LogP contribution in [0.5, 0.6) is 5.75 Å². The fourth-order valence-corrected chi connectivity index (χ4v) is 1.92. The van der Waals surface area contributed by atoms with Crippen molar-refractivity contribution in [1.29, 1.82) is 0 Å². The van der Waals surface area contributed by atoms with Crippen molar-refractivity contribution < 1.29 is 9.84 Å². The molecular weight excluding hydrogens is 224 g/mol. The predicted molar refractivity (Wildman–Crippen MR) is 76.3 cm³/mol. The third-order valence-electron chi connectivity index (χ3n) is 3.01. The van der Waals surface area contributed by atoms with Gasteiger partial charge in [-0.3, -0.25) is 0 Å². The van der Waals surface area contributed by atoms with Gasteiger partial charge in [0.05, 0.1) is 6.61 Å². The highest BCUT2D eigenvalue weighted by atomic mass is 16.5. The molecule has 0 spiro atoms. The van der Waals surface area contributed by atoms with E-state index in [0.29, 0.717) is 6.42 Å². The standard InChI is InChI=1S/C16H26O2/c1-5-6-11-18-15-12-13(9-10-17)7-8-14(15)16(2,3)4/h7-8,12,17H,5-6,9-11H2,1-4H3. The number of hydrogen-bond acceptors (Lipinski definition) is 2. The molecule has 0 aromatic heterocycles. The highest BCUT2D eigenvalue weighted by Crippen LogP contribution is 2.32. The van der Waals surface area contributed by atoms with E-state index in [-0.39, 0.29) is 12.0 Å². The highest BCUT2D eigenvalue weighted by Gasteiger charge is 2.19. The van der Waals surface area contributed by atoms with E-state index in [1.807, 2.05) is 0 Å². The lowest BCUT2D eigenvalue weighted by Crippen LogP contribution is -2.14. The Labute approximate surface area is 111 Å². The van der Waals surface area contributed by atoms with Crippen LogP contribution in [0.2, 0.25) is 0 Å². The van der Waals surface area contributed by atoms with Crippen LogP contribution in [-0.2, 0) is 11.8 Å². The molecule has 1 aromatic carbocycles. The quantitative estimate of drug-likeness (QED) is 0.780. The fourth-order valence-electron chi connectivity index (χ4n) is 1.92. The maximum atomic E-state index is 9.01. The minimum Gasteiger partial charge on any atom is -0.493 e. The monoisotopic (exact) mass is 250 g/mol. The van der Waals surface area contributed by atoms with Gasteiger partial charge in [0.25, 0.3) is 0 Å². The lowest BCUT2D eigenvalue weighted by atomic mass is 9.85. The van der Waals surface area contributed by atoms with Gasteiger partial charge in [-0.05, 0) is 35.4 Å². The first-order valence-corrected chi connectivity index (χ1v) is 6.86. The number of aliphatic hydroxyl groups is 1. The summed E-state index contributed by atoms with van der Waals surface area (Å²) in [6, 6.07) is 6.29. The molecule has 0 unspecified atom stereocenters. The highest BCUT2D eigenvalue weighted by molar-refractivity contribution is 5.41. The number of hydrogen-bond donors (Lipinski definition) is 1. The van der Waals surface area contributed by atoms with Gasteiger partial charge in [-0.25, -0.2) is 0 Å². The Kier molecular flexibility index (Phi) is 5.67. The average molecular weight is 250 g/mol. The Morgan fingerprint density at radius 2 is 1.94 bits per heavy atom. The van der Waals surface area contributed by atoms with Gasteiger partial charge < -0.3 is 9.84 Å². The molecule has 1 rings (SSSR count). The van der Waals surface area contributed by atoms with Crippen molar-refractivity contribution in [2.45, 2.75) is 52.4 Å². The van der Waals surface area contributed by atoms with Crippen LogP contribution < -0.4 is 4.74 Å². The van der Waals surface area contributed by atoms with Gasteiger partial charge in [0.15, 0.2) is 0 Å². The summed E-state index contributed by atoms with van der Waals surface area (Å²) in [6.45, 7) is 9.70. The molecule has 102 valence electrons.